The number of hydrogen-bond acceptors (Lipinski definition) is 3. The van der Waals surface area contributed by atoms with E-state index in [2.05, 4.69) is 29.1 Å². The van der Waals surface area contributed by atoms with E-state index in [4.69, 9.17) is 0 Å². The van der Waals surface area contributed by atoms with Gasteiger partial charge < -0.3 is 15.1 Å². The van der Waals surface area contributed by atoms with E-state index in [0.717, 1.165) is 12.5 Å². The number of nitrogens with zero attached hydrogens (tertiary/aromatic N) is 2. The van der Waals surface area contributed by atoms with Crippen LogP contribution in [0.5, 0.6) is 0 Å². The van der Waals surface area contributed by atoms with E-state index in [0.29, 0.717) is 0 Å². The molecule has 1 N–H and O–H groups in total. The Balaban J connectivity index is 2.19. The fraction of sp³-hybridized carbons (Fsp3) is 1.00. The molecule has 15 heavy (non-hydrogen) atoms. The summed E-state index contributed by atoms with van der Waals surface area (Å²) in [5.74, 6) is 0.876. The fourth-order valence-corrected chi connectivity index (χ4v) is 2.17. The molecule has 0 aromatic carbocycles. The maximum atomic E-state index is 3.25. The topological polar surface area (TPSA) is 18.5 Å². The van der Waals surface area contributed by atoms with Gasteiger partial charge in [0.2, 0.25) is 0 Å². The molecule has 1 aliphatic heterocycles. The van der Waals surface area contributed by atoms with Crippen molar-refractivity contribution >= 4 is 0 Å². The number of piperazine rings is 1. The van der Waals surface area contributed by atoms with Crippen LogP contribution in [0.4, 0.5) is 0 Å². The smallest absolute Gasteiger partial charge is 0.0110 e. The van der Waals surface area contributed by atoms with Gasteiger partial charge in [0.25, 0.3) is 0 Å². The van der Waals surface area contributed by atoms with Gasteiger partial charge >= 0.3 is 0 Å². The molecule has 3 nitrogen and oxygen atoms in total. The number of likely N-dealkylation sites (N-methyl/N-ethyl adjacent to an activating group) is 1. The number of rotatable bonds is 6. The van der Waals surface area contributed by atoms with Crippen LogP contribution in [0.15, 0.2) is 0 Å². The van der Waals surface area contributed by atoms with Crippen LogP contribution in [-0.4, -0.2) is 63.2 Å². The van der Waals surface area contributed by atoms with Crippen molar-refractivity contribution in [3.8, 4) is 0 Å². The van der Waals surface area contributed by atoms with Gasteiger partial charge in [-0.05, 0) is 33.0 Å². The zero-order chi connectivity index (χ0) is 11.1. The predicted molar refractivity (Wildman–Crippen MR) is 66.3 cm³/mol. The molecule has 0 aliphatic carbocycles. The van der Waals surface area contributed by atoms with E-state index < -0.39 is 0 Å². The van der Waals surface area contributed by atoms with Crippen molar-refractivity contribution < 1.29 is 0 Å². The molecule has 1 aliphatic rings. The standard InChI is InChI=1S/C12H27N3/c1-4-12(5-6-13-2)11-15-9-7-14(3)8-10-15/h12-13H,4-11H2,1-3H3. The summed E-state index contributed by atoms with van der Waals surface area (Å²) in [5, 5.41) is 3.25. The van der Waals surface area contributed by atoms with Gasteiger partial charge in [0.05, 0.1) is 0 Å². The molecule has 0 aromatic rings. The summed E-state index contributed by atoms with van der Waals surface area (Å²) in [7, 11) is 4.26. The highest BCUT2D eigenvalue weighted by Crippen LogP contribution is 2.11. The van der Waals surface area contributed by atoms with Crippen molar-refractivity contribution in [2.75, 3.05) is 53.4 Å². The molecular formula is C12H27N3. The van der Waals surface area contributed by atoms with Gasteiger partial charge in [0, 0.05) is 32.7 Å². The second-order valence-electron chi connectivity index (χ2n) is 4.77. The van der Waals surface area contributed by atoms with Gasteiger partial charge in [-0.2, -0.15) is 0 Å². The Hall–Kier alpha value is -0.120. The van der Waals surface area contributed by atoms with Crippen molar-refractivity contribution in [3.05, 3.63) is 0 Å². The maximum Gasteiger partial charge on any atom is 0.0110 e. The SMILES string of the molecule is CCC(CCNC)CN1CCN(C)CC1. The Labute approximate surface area is 94.8 Å². The lowest BCUT2D eigenvalue weighted by molar-refractivity contribution is 0.132. The van der Waals surface area contributed by atoms with Gasteiger partial charge in [-0.3, -0.25) is 0 Å². The molecule has 0 aromatic heterocycles. The molecule has 0 radical (unpaired) electrons. The third kappa shape index (κ3) is 4.96. The van der Waals surface area contributed by atoms with Crippen LogP contribution in [0.3, 0.4) is 0 Å². The summed E-state index contributed by atoms with van der Waals surface area (Å²) >= 11 is 0. The molecule has 1 fully saturated rings. The first kappa shape index (κ1) is 12.9. The molecule has 0 amide bonds. The van der Waals surface area contributed by atoms with E-state index in [1.54, 1.807) is 0 Å². The average molecular weight is 213 g/mol. The first-order valence-corrected chi connectivity index (χ1v) is 6.31. The molecule has 1 heterocycles. The van der Waals surface area contributed by atoms with Crippen LogP contribution in [0, 0.1) is 5.92 Å². The monoisotopic (exact) mass is 213 g/mol. The molecule has 0 bridgehead atoms. The summed E-state index contributed by atoms with van der Waals surface area (Å²) in [4.78, 5) is 5.05. The van der Waals surface area contributed by atoms with Crippen molar-refractivity contribution in [1.29, 1.82) is 0 Å². The van der Waals surface area contributed by atoms with Crippen LogP contribution in [0.1, 0.15) is 19.8 Å². The lowest BCUT2D eigenvalue weighted by Gasteiger charge is -2.34. The molecule has 1 saturated heterocycles. The van der Waals surface area contributed by atoms with Gasteiger partial charge in [-0.15, -0.1) is 0 Å². The molecule has 3 heteroatoms. The highest BCUT2D eigenvalue weighted by atomic mass is 15.2. The van der Waals surface area contributed by atoms with Gasteiger partial charge in [0.15, 0.2) is 0 Å². The zero-order valence-corrected chi connectivity index (χ0v) is 10.6. The summed E-state index contributed by atoms with van der Waals surface area (Å²) in [6, 6.07) is 0. The molecule has 0 spiro atoms. The van der Waals surface area contributed by atoms with E-state index in [1.807, 2.05) is 7.05 Å². The largest absolute Gasteiger partial charge is 0.320 e. The Morgan fingerprint density at radius 3 is 2.40 bits per heavy atom. The Morgan fingerprint density at radius 2 is 1.87 bits per heavy atom. The van der Waals surface area contributed by atoms with Crippen LogP contribution < -0.4 is 5.32 Å². The van der Waals surface area contributed by atoms with Gasteiger partial charge in [0.1, 0.15) is 0 Å². The highest BCUT2D eigenvalue weighted by Gasteiger charge is 2.16. The third-order valence-electron chi connectivity index (χ3n) is 3.49. The Bertz CT molecular complexity index is 150. The molecule has 90 valence electrons. The van der Waals surface area contributed by atoms with E-state index in [1.165, 1.54) is 45.6 Å². The molecular weight excluding hydrogens is 186 g/mol. The summed E-state index contributed by atoms with van der Waals surface area (Å²) in [6.45, 7) is 9.76. The van der Waals surface area contributed by atoms with Crippen LogP contribution in [-0.2, 0) is 0 Å². The summed E-state index contributed by atoms with van der Waals surface area (Å²) in [5.41, 5.74) is 0. The average Bonchev–Trinajstić information content (AvgIpc) is 2.27. The zero-order valence-electron chi connectivity index (χ0n) is 10.6. The highest BCUT2D eigenvalue weighted by molar-refractivity contribution is 4.72. The molecule has 0 saturated carbocycles. The Kier molecular flexibility index (Phi) is 6.22. The fourth-order valence-electron chi connectivity index (χ4n) is 2.17. The summed E-state index contributed by atoms with van der Waals surface area (Å²) in [6.07, 6.45) is 2.63. The first-order valence-electron chi connectivity index (χ1n) is 6.31. The summed E-state index contributed by atoms with van der Waals surface area (Å²) < 4.78 is 0. The number of nitrogens with one attached hydrogen (secondary N) is 1. The molecule has 1 unspecified atom stereocenters. The van der Waals surface area contributed by atoms with E-state index >= 15 is 0 Å². The second-order valence-corrected chi connectivity index (χ2v) is 4.77. The first-order chi connectivity index (χ1) is 7.26. The van der Waals surface area contributed by atoms with Crippen molar-refractivity contribution in [2.24, 2.45) is 5.92 Å². The normalized spacial score (nSPS) is 21.8. The lowest BCUT2D eigenvalue weighted by atomic mass is 10.0. The van der Waals surface area contributed by atoms with Gasteiger partial charge in [-0.1, -0.05) is 13.3 Å². The number of hydrogen-bond donors (Lipinski definition) is 1. The van der Waals surface area contributed by atoms with Crippen molar-refractivity contribution in [3.63, 3.8) is 0 Å². The third-order valence-corrected chi connectivity index (χ3v) is 3.49. The minimum Gasteiger partial charge on any atom is -0.320 e. The minimum absolute atomic E-state index is 0.876. The Morgan fingerprint density at radius 1 is 1.20 bits per heavy atom. The van der Waals surface area contributed by atoms with E-state index in [-0.39, 0.29) is 0 Å². The van der Waals surface area contributed by atoms with Crippen LogP contribution >= 0.6 is 0 Å². The van der Waals surface area contributed by atoms with Crippen LogP contribution in [0.2, 0.25) is 0 Å². The minimum atomic E-state index is 0.876. The van der Waals surface area contributed by atoms with Gasteiger partial charge in [-0.25, -0.2) is 0 Å². The maximum absolute atomic E-state index is 3.25. The second kappa shape index (κ2) is 7.20. The van der Waals surface area contributed by atoms with Crippen LogP contribution in [0.25, 0.3) is 0 Å². The van der Waals surface area contributed by atoms with Crippen molar-refractivity contribution in [2.45, 2.75) is 19.8 Å². The lowest BCUT2D eigenvalue weighted by Crippen LogP contribution is -2.46. The predicted octanol–water partition coefficient (Wildman–Crippen LogP) is 0.870. The van der Waals surface area contributed by atoms with Crippen molar-refractivity contribution in [1.82, 2.24) is 15.1 Å². The van der Waals surface area contributed by atoms with E-state index in [9.17, 15) is 0 Å². The molecule has 1 rings (SSSR count). The quantitative estimate of drug-likeness (QED) is 0.706. The molecule has 1 atom stereocenters.